The van der Waals surface area contributed by atoms with Gasteiger partial charge in [0.2, 0.25) is 4.96 Å². The molecule has 0 N–H and O–H groups in total. The van der Waals surface area contributed by atoms with Crippen molar-refractivity contribution in [2.45, 2.75) is 6.92 Å². The van der Waals surface area contributed by atoms with Crippen molar-refractivity contribution in [1.82, 2.24) is 14.6 Å². The highest BCUT2D eigenvalue weighted by Gasteiger charge is 2.23. The van der Waals surface area contributed by atoms with E-state index < -0.39 is 5.97 Å². The summed E-state index contributed by atoms with van der Waals surface area (Å²) in [7, 11) is 0. The van der Waals surface area contributed by atoms with Crippen LogP contribution in [-0.4, -0.2) is 27.2 Å². The number of furan rings is 1. The zero-order chi connectivity index (χ0) is 14.1. The van der Waals surface area contributed by atoms with Crippen LogP contribution in [0, 0.1) is 11.3 Å². The van der Waals surface area contributed by atoms with Crippen LogP contribution >= 0.6 is 11.3 Å². The first-order valence-electron chi connectivity index (χ1n) is 5.75. The first-order valence-corrected chi connectivity index (χ1v) is 6.57. The SMILES string of the molecule is CCOC(=O)c1nc2sc(-c3ccco3)nn2c1C#N. The van der Waals surface area contributed by atoms with Gasteiger partial charge in [0.1, 0.15) is 6.07 Å². The first kappa shape index (κ1) is 12.4. The Morgan fingerprint density at radius 2 is 2.50 bits per heavy atom. The molecule has 0 spiro atoms. The highest BCUT2D eigenvalue weighted by Crippen LogP contribution is 2.27. The number of carbonyl (C=O) groups is 1. The third-order valence-corrected chi connectivity index (χ3v) is 3.43. The summed E-state index contributed by atoms with van der Waals surface area (Å²) in [6.07, 6.45) is 1.54. The number of nitrogens with zero attached hydrogens (tertiary/aromatic N) is 4. The van der Waals surface area contributed by atoms with Gasteiger partial charge < -0.3 is 9.15 Å². The molecule has 8 heteroatoms. The van der Waals surface area contributed by atoms with E-state index in [0.717, 1.165) is 0 Å². The molecule has 100 valence electrons. The van der Waals surface area contributed by atoms with E-state index in [-0.39, 0.29) is 18.0 Å². The molecule has 0 saturated carbocycles. The van der Waals surface area contributed by atoms with Gasteiger partial charge in [0.15, 0.2) is 22.2 Å². The summed E-state index contributed by atoms with van der Waals surface area (Å²) in [6.45, 7) is 1.91. The van der Waals surface area contributed by atoms with Crippen LogP contribution in [0.4, 0.5) is 0 Å². The minimum absolute atomic E-state index is 0.0147. The summed E-state index contributed by atoms with van der Waals surface area (Å²) in [6, 6.07) is 5.43. The number of esters is 1. The lowest BCUT2D eigenvalue weighted by Gasteiger charge is -1.97. The monoisotopic (exact) mass is 288 g/mol. The van der Waals surface area contributed by atoms with E-state index in [4.69, 9.17) is 9.15 Å². The lowest BCUT2D eigenvalue weighted by molar-refractivity contribution is 0.0520. The third-order valence-electron chi connectivity index (χ3n) is 2.51. The number of fused-ring (bicyclic) bond motifs is 1. The van der Waals surface area contributed by atoms with Gasteiger partial charge in [0, 0.05) is 0 Å². The second kappa shape index (κ2) is 4.79. The highest BCUT2D eigenvalue weighted by molar-refractivity contribution is 7.19. The zero-order valence-corrected chi connectivity index (χ0v) is 11.2. The Balaban J connectivity index is 2.12. The smallest absolute Gasteiger partial charge is 0.360 e. The standard InChI is InChI=1S/C12H8N4O3S/c1-2-18-11(17)9-7(6-13)16-12(14-9)20-10(15-16)8-4-3-5-19-8/h3-5H,2H2,1H3. The maximum atomic E-state index is 11.7. The molecule has 0 radical (unpaired) electrons. The van der Waals surface area contributed by atoms with Gasteiger partial charge in [-0.25, -0.2) is 9.78 Å². The van der Waals surface area contributed by atoms with E-state index >= 15 is 0 Å². The number of rotatable bonds is 3. The molecule has 0 aliphatic rings. The van der Waals surface area contributed by atoms with E-state index in [9.17, 15) is 10.1 Å². The fourth-order valence-electron chi connectivity index (χ4n) is 1.69. The lowest BCUT2D eigenvalue weighted by atomic mass is 10.3. The van der Waals surface area contributed by atoms with Gasteiger partial charge in [0.25, 0.3) is 0 Å². The van der Waals surface area contributed by atoms with E-state index in [1.807, 2.05) is 6.07 Å². The van der Waals surface area contributed by atoms with Gasteiger partial charge in [0.05, 0.1) is 12.9 Å². The molecule has 0 amide bonds. The van der Waals surface area contributed by atoms with E-state index in [2.05, 4.69) is 10.1 Å². The predicted molar refractivity (Wildman–Crippen MR) is 69.2 cm³/mol. The van der Waals surface area contributed by atoms with Gasteiger partial charge in [-0.05, 0) is 19.1 Å². The molecule has 0 aliphatic carbocycles. The summed E-state index contributed by atoms with van der Waals surface area (Å²) in [5.41, 5.74) is 0.0478. The minimum Gasteiger partial charge on any atom is -0.462 e. The number of ether oxygens (including phenoxy) is 1. The zero-order valence-electron chi connectivity index (χ0n) is 10.4. The molecule has 3 heterocycles. The number of imidazole rings is 1. The van der Waals surface area contributed by atoms with E-state index in [1.165, 1.54) is 22.1 Å². The Bertz CT molecular complexity index is 810. The van der Waals surface area contributed by atoms with Crippen LogP contribution in [0.2, 0.25) is 0 Å². The average molecular weight is 288 g/mol. The maximum absolute atomic E-state index is 11.7. The molecule has 20 heavy (non-hydrogen) atoms. The third kappa shape index (κ3) is 1.85. The largest absolute Gasteiger partial charge is 0.462 e. The van der Waals surface area contributed by atoms with Gasteiger partial charge in [-0.3, -0.25) is 0 Å². The van der Waals surface area contributed by atoms with Crippen molar-refractivity contribution in [3.63, 3.8) is 0 Å². The molecule has 3 aromatic rings. The Hall–Kier alpha value is -2.66. The van der Waals surface area contributed by atoms with Crippen LogP contribution in [0.1, 0.15) is 23.1 Å². The molecule has 0 fully saturated rings. The van der Waals surface area contributed by atoms with Crippen LogP contribution in [0.5, 0.6) is 0 Å². The van der Waals surface area contributed by atoms with Crippen molar-refractivity contribution in [2.75, 3.05) is 6.61 Å². The predicted octanol–water partition coefficient (Wildman–Crippen LogP) is 2.10. The Labute approximate surface area is 117 Å². The number of nitriles is 1. The molecule has 0 unspecified atom stereocenters. The van der Waals surface area contributed by atoms with Crippen molar-refractivity contribution in [2.24, 2.45) is 0 Å². The number of hydrogen-bond acceptors (Lipinski definition) is 7. The van der Waals surface area contributed by atoms with Crippen molar-refractivity contribution in [3.8, 4) is 16.8 Å². The van der Waals surface area contributed by atoms with Crippen molar-refractivity contribution < 1.29 is 13.9 Å². The van der Waals surface area contributed by atoms with Crippen LogP contribution in [0.25, 0.3) is 15.7 Å². The van der Waals surface area contributed by atoms with E-state index in [1.54, 1.807) is 19.1 Å². The molecular weight excluding hydrogens is 280 g/mol. The van der Waals surface area contributed by atoms with Crippen molar-refractivity contribution in [1.29, 1.82) is 5.26 Å². The van der Waals surface area contributed by atoms with Crippen LogP contribution < -0.4 is 0 Å². The summed E-state index contributed by atoms with van der Waals surface area (Å²) >= 11 is 1.23. The van der Waals surface area contributed by atoms with Crippen LogP contribution in [-0.2, 0) is 4.74 Å². The summed E-state index contributed by atoms with van der Waals surface area (Å²) in [5, 5.41) is 14.0. The Morgan fingerprint density at radius 1 is 1.65 bits per heavy atom. The number of hydrogen-bond donors (Lipinski definition) is 0. The maximum Gasteiger partial charge on any atom is 0.360 e. The summed E-state index contributed by atoms with van der Waals surface area (Å²) < 4.78 is 11.4. The second-order valence-electron chi connectivity index (χ2n) is 3.72. The van der Waals surface area contributed by atoms with E-state index in [0.29, 0.717) is 15.7 Å². The molecule has 3 aromatic heterocycles. The van der Waals surface area contributed by atoms with Crippen molar-refractivity contribution in [3.05, 3.63) is 29.8 Å². The number of carbonyl (C=O) groups excluding carboxylic acids is 1. The lowest BCUT2D eigenvalue weighted by Crippen LogP contribution is -2.07. The molecule has 0 aliphatic heterocycles. The van der Waals surface area contributed by atoms with Gasteiger partial charge >= 0.3 is 5.97 Å². The first-order chi connectivity index (χ1) is 9.74. The molecule has 0 atom stereocenters. The molecule has 0 aromatic carbocycles. The molecule has 3 rings (SSSR count). The molecular formula is C12H8N4O3S. The average Bonchev–Trinajstić information content (AvgIpc) is 3.13. The Kier molecular flexibility index (Phi) is 2.96. The van der Waals surface area contributed by atoms with Gasteiger partial charge in [-0.15, -0.1) is 5.10 Å². The normalized spacial score (nSPS) is 10.6. The van der Waals surface area contributed by atoms with Gasteiger partial charge in [-0.2, -0.15) is 9.78 Å². The topological polar surface area (TPSA) is 93.4 Å². The van der Waals surface area contributed by atoms with Gasteiger partial charge in [-0.1, -0.05) is 11.3 Å². The quantitative estimate of drug-likeness (QED) is 0.685. The highest BCUT2D eigenvalue weighted by atomic mass is 32.1. The minimum atomic E-state index is -0.624. The molecule has 7 nitrogen and oxygen atoms in total. The fraction of sp³-hybridized carbons (Fsp3) is 0.167. The molecule has 0 bridgehead atoms. The summed E-state index contributed by atoms with van der Waals surface area (Å²) in [5.74, 6) is -0.0385. The fourth-order valence-corrected chi connectivity index (χ4v) is 2.56. The number of aromatic nitrogens is 3. The Morgan fingerprint density at radius 3 is 3.15 bits per heavy atom. The van der Waals surface area contributed by atoms with Crippen LogP contribution in [0.3, 0.4) is 0 Å². The second-order valence-corrected chi connectivity index (χ2v) is 4.68. The molecule has 0 saturated heterocycles. The summed E-state index contributed by atoms with van der Waals surface area (Å²) in [4.78, 5) is 16.3. The van der Waals surface area contributed by atoms with Crippen LogP contribution in [0.15, 0.2) is 22.8 Å². The van der Waals surface area contributed by atoms with Crippen molar-refractivity contribution >= 4 is 22.3 Å².